The Morgan fingerprint density at radius 2 is 1.73 bits per heavy atom. The lowest BCUT2D eigenvalue weighted by Crippen LogP contribution is -2.17. The van der Waals surface area contributed by atoms with Gasteiger partial charge >= 0.3 is 0 Å². The molecule has 0 unspecified atom stereocenters. The summed E-state index contributed by atoms with van der Waals surface area (Å²) < 4.78 is 2.12. The molecule has 1 aromatic heterocycles. The fourth-order valence-electron chi connectivity index (χ4n) is 3.53. The van der Waals surface area contributed by atoms with Crippen molar-refractivity contribution in [2.45, 2.75) is 58.7 Å². The standard InChI is InChI=1S/C24H30N4OS/c1-5-14-28-23(20-13-8-10-17(4)15-20)26-27-24(28)30-16-21(29)25-22-18(6-2)11-9-12-19(22)7-3/h8-13,15H,5-7,14,16H2,1-4H3,(H,25,29). The van der Waals surface area contributed by atoms with E-state index in [2.05, 4.69) is 84.2 Å². The highest BCUT2D eigenvalue weighted by Crippen LogP contribution is 2.26. The van der Waals surface area contributed by atoms with Gasteiger partial charge in [-0.15, -0.1) is 10.2 Å². The van der Waals surface area contributed by atoms with Gasteiger partial charge in [0.15, 0.2) is 11.0 Å². The van der Waals surface area contributed by atoms with Crippen LogP contribution in [0.3, 0.4) is 0 Å². The van der Waals surface area contributed by atoms with Crippen molar-refractivity contribution in [2.24, 2.45) is 0 Å². The summed E-state index contributed by atoms with van der Waals surface area (Å²) in [5.74, 6) is 1.14. The normalized spacial score (nSPS) is 10.9. The van der Waals surface area contributed by atoms with Crippen LogP contribution >= 0.6 is 11.8 Å². The van der Waals surface area contributed by atoms with Crippen molar-refractivity contribution >= 4 is 23.4 Å². The molecule has 1 heterocycles. The third-order valence-corrected chi connectivity index (χ3v) is 6.00. The molecule has 6 heteroatoms. The lowest BCUT2D eigenvalue weighted by atomic mass is 10.0. The number of carbonyl (C=O) groups is 1. The van der Waals surface area contributed by atoms with E-state index in [1.54, 1.807) is 0 Å². The van der Waals surface area contributed by atoms with Crippen molar-refractivity contribution < 1.29 is 4.79 Å². The van der Waals surface area contributed by atoms with E-state index < -0.39 is 0 Å². The van der Waals surface area contributed by atoms with Crippen LogP contribution in [0.2, 0.25) is 0 Å². The number of nitrogens with zero attached hydrogens (tertiary/aromatic N) is 3. The SMILES string of the molecule is CCCn1c(SCC(=O)Nc2c(CC)cccc2CC)nnc1-c1cccc(C)c1. The number of hydrogen-bond acceptors (Lipinski definition) is 4. The van der Waals surface area contributed by atoms with Crippen molar-refractivity contribution in [1.82, 2.24) is 14.8 Å². The van der Waals surface area contributed by atoms with Crippen LogP contribution in [0.1, 0.15) is 43.9 Å². The molecule has 0 bridgehead atoms. The Labute approximate surface area is 183 Å². The second-order valence-electron chi connectivity index (χ2n) is 7.32. The quantitative estimate of drug-likeness (QED) is 0.461. The van der Waals surface area contributed by atoms with E-state index in [4.69, 9.17) is 0 Å². The van der Waals surface area contributed by atoms with Gasteiger partial charge in [-0.3, -0.25) is 4.79 Å². The van der Waals surface area contributed by atoms with Gasteiger partial charge in [-0.25, -0.2) is 0 Å². The molecule has 5 nitrogen and oxygen atoms in total. The fourth-order valence-corrected chi connectivity index (χ4v) is 4.29. The Hall–Kier alpha value is -2.60. The number of thioether (sulfide) groups is 1. The summed E-state index contributed by atoms with van der Waals surface area (Å²) in [4.78, 5) is 12.7. The van der Waals surface area contributed by atoms with Crippen molar-refractivity contribution in [3.63, 3.8) is 0 Å². The maximum atomic E-state index is 12.7. The van der Waals surface area contributed by atoms with Crippen LogP contribution in [0.5, 0.6) is 0 Å². The molecule has 1 N–H and O–H groups in total. The van der Waals surface area contributed by atoms with E-state index in [-0.39, 0.29) is 5.91 Å². The van der Waals surface area contributed by atoms with Crippen LogP contribution < -0.4 is 5.32 Å². The molecule has 0 aliphatic rings. The third-order valence-electron chi connectivity index (χ3n) is 5.04. The highest BCUT2D eigenvalue weighted by molar-refractivity contribution is 7.99. The predicted octanol–water partition coefficient (Wildman–Crippen LogP) is 5.52. The number of amides is 1. The predicted molar refractivity (Wildman–Crippen MR) is 125 cm³/mol. The zero-order valence-corrected chi connectivity index (χ0v) is 19.1. The largest absolute Gasteiger partial charge is 0.325 e. The molecular weight excluding hydrogens is 392 g/mol. The maximum absolute atomic E-state index is 12.7. The van der Waals surface area contributed by atoms with Gasteiger partial charge in [0.05, 0.1) is 5.75 Å². The first-order valence-corrected chi connectivity index (χ1v) is 11.6. The molecule has 0 saturated carbocycles. The van der Waals surface area contributed by atoms with Crippen LogP contribution in [-0.4, -0.2) is 26.4 Å². The van der Waals surface area contributed by atoms with Crippen molar-refractivity contribution in [1.29, 1.82) is 0 Å². The molecule has 0 fully saturated rings. The Morgan fingerprint density at radius 1 is 1.03 bits per heavy atom. The number of anilines is 1. The van der Waals surface area contributed by atoms with Gasteiger partial charge in [-0.05, 0) is 43.4 Å². The van der Waals surface area contributed by atoms with E-state index in [1.807, 2.05) is 6.07 Å². The maximum Gasteiger partial charge on any atom is 0.234 e. The minimum atomic E-state index is -0.0150. The van der Waals surface area contributed by atoms with E-state index >= 15 is 0 Å². The number of nitrogens with one attached hydrogen (secondary N) is 1. The fraction of sp³-hybridized carbons (Fsp3) is 0.375. The molecule has 0 spiro atoms. The highest BCUT2D eigenvalue weighted by atomic mass is 32.2. The lowest BCUT2D eigenvalue weighted by molar-refractivity contribution is -0.113. The third kappa shape index (κ3) is 5.11. The smallest absolute Gasteiger partial charge is 0.234 e. The summed E-state index contributed by atoms with van der Waals surface area (Å²) >= 11 is 1.44. The van der Waals surface area contributed by atoms with Crippen LogP contribution in [-0.2, 0) is 24.2 Å². The first kappa shape index (κ1) is 22.1. The molecule has 3 rings (SSSR count). The van der Waals surface area contributed by atoms with E-state index in [0.717, 1.165) is 48.0 Å². The van der Waals surface area contributed by atoms with Gasteiger partial charge in [-0.2, -0.15) is 0 Å². The van der Waals surface area contributed by atoms with Crippen LogP contribution in [0.15, 0.2) is 47.6 Å². The molecule has 1 amide bonds. The summed E-state index contributed by atoms with van der Waals surface area (Å²) in [6.07, 6.45) is 2.75. The molecular formula is C24H30N4OS. The number of rotatable bonds is 9. The summed E-state index contributed by atoms with van der Waals surface area (Å²) in [7, 11) is 0. The van der Waals surface area contributed by atoms with E-state index in [9.17, 15) is 4.79 Å². The van der Waals surface area contributed by atoms with Gasteiger partial charge < -0.3 is 9.88 Å². The molecule has 0 aliphatic heterocycles. The Bertz CT molecular complexity index is 990. The van der Waals surface area contributed by atoms with Gasteiger partial charge in [0, 0.05) is 17.8 Å². The van der Waals surface area contributed by atoms with Crippen LogP contribution in [0, 0.1) is 6.92 Å². The minimum absolute atomic E-state index is 0.0150. The number of carbonyl (C=O) groups excluding carboxylic acids is 1. The highest BCUT2D eigenvalue weighted by Gasteiger charge is 2.16. The minimum Gasteiger partial charge on any atom is -0.325 e. The topological polar surface area (TPSA) is 59.8 Å². The molecule has 0 saturated heterocycles. The molecule has 0 aliphatic carbocycles. The van der Waals surface area contributed by atoms with Crippen LogP contribution in [0.4, 0.5) is 5.69 Å². The van der Waals surface area contributed by atoms with Crippen molar-refractivity contribution in [2.75, 3.05) is 11.1 Å². The zero-order valence-electron chi connectivity index (χ0n) is 18.2. The molecule has 2 aromatic carbocycles. The molecule has 0 atom stereocenters. The summed E-state index contributed by atoms with van der Waals surface area (Å²) in [6, 6.07) is 14.5. The Balaban J connectivity index is 1.75. The zero-order chi connectivity index (χ0) is 21.5. The van der Waals surface area contributed by atoms with E-state index in [0.29, 0.717) is 5.75 Å². The van der Waals surface area contributed by atoms with Gasteiger partial charge in [0.2, 0.25) is 5.91 Å². The summed E-state index contributed by atoms with van der Waals surface area (Å²) in [5, 5.41) is 12.7. The second-order valence-corrected chi connectivity index (χ2v) is 8.27. The number of benzene rings is 2. The number of aryl methyl sites for hydroxylation is 3. The van der Waals surface area contributed by atoms with Crippen LogP contribution in [0.25, 0.3) is 11.4 Å². The number of hydrogen-bond donors (Lipinski definition) is 1. The lowest BCUT2D eigenvalue weighted by Gasteiger charge is -2.14. The van der Waals surface area contributed by atoms with Gasteiger partial charge in [-0.1, -0.05) is 74.5 Å². The molecule has 0 radical (unpaired) electrons. The summed E-state index contributed by atoms with van der Waals surface area (Å²) in [5.41, 5.74) is 5.54. The van der Waals surface area contributed by atoms with Crippen molar-refractivity contribution in [3.8, 4) is 11.4 Å². The average Bonchev–Trinajstić information content (AvgIpc) is 3.15. The first-order valence-electron chi connectivity index (χ1n) is 10.6. The van der Waals surface area contributed by atoms with Gasteiger partial charge in [0.25, 0.3) is 0 Å². The summed E-state index contributed by atoms with van der Waals surface area (Å²) in [6.45, 7) is 9.25. The Morgan fingerprint density at radius 3 is 2.37 bits per heavy atom. The first-order chi connectivity index (χ1) is 14.6. The molecule has 158 valence electrons. The van der Waals surface area contributed by atoms with Crippen molar-refractivity contribution in [3.05, 3.63) is 59.2 Å². The number of aromatic nitrogens is 3. The number of para-hydroxylation sites is 1. The van der Waals surface area contributed by atoms with E-state index in [1.165, 1.54) is 28.5 Å². The Kier molecular flexibility index (Phi) is 7.69. The van der Waals surface area contributed by atoms with Gasteiger partial charge in [0.1, 0.15) is 0 Å². The second kappa shape index (κ2) is 10.4. The monoisotopic (exact) mass is 422 g/mol. The average molecular weight is 423 g/mol. The molecule has 3 aromatic rings. The molecule has 30 heavy (non-hydrogen) atoms.